The second-order valence-electron chi connectivity index (χ2n) is 8.47. The molecule has 27 heavy (non-hydrogen) atoms. The molecular weight excluding hydrogens is 378 g/mol. The van der Waals surface area contributed by atoms with Crippen LogP contribution >= 0.6 is 21.9 Å². The van der Waals surface area contributed by atoms with E-state index in [4.69, 9.17) is 9.97 Å². The first-order valence-electron chi connectivity index (χ1n) is 9.84. The minimum absolute atomic E-state index is 0.476. The van der Waals surface area contributed by atoms with Crippen molar-refractivity contribution in [2.24, 2.45) is 5.41 Å². The number of hydrogen-bond acceptors (Lipinski definition) is 6. The fourth-order valence-electron chi connectivity index (χ4n) is 4.31. The minimum atomic E-state index is -2.35. The molecule has 0 amide bonds. The number of rotatable bonds is 3. The molecule has 3 aliphatic rings. The summed E-state index contributed by atoms with van der Waals surface area (Å²) in [7, 11) is -2.35. The summed E-state index contributed by atoms with van der Waals surface area (Å²) in [6, 6.07) is 2.29. The summed E-state index contributed by atoms with van der Waals surface area (Å²) in [6.07, 6.45) is 9.07. The SMILES string of the molecule is Cc1nc(CN2CCS(O)(O)CC2)c2cc(C3=CCC4(CC3)CC4)sc2n1. The number of fused-ring (bicyclic) bond motifs is 1. The summed E-state index contributed by atoms with van der Waals surface area (Å²) >= 11 is 1.80. The Morgan fingerprint density at radius 2 is 1.96 bits per heavy atom. The van der Waals surface area contributed by atoms with E-state index < -0.39 is 10.6 Å². The minimum Gasteiger partial charge on any atom is -0.299 e. The van der Waals surface area contributed by atoms with Crippen LogP contribution in [0.3, 0.4) is 0 Å². The molecule has 1 saturated heterocycles. The second-order valence-corrected chi connectivity index (χ2v) is 11.9. The number of aromatic nitrogens is 2. The van der Waals surface area contributed by atoms with Gasteiger partial charge in [0.1, 0.15) is 10.7 Å². The summed E-state index contributed by atoms with van der Waals surface area (Å²) in [5.41, 5.74) is 3.23. The van der Waals surface area contributed by atoms with Crippen LogP contribution in [0, 0.1) is 12.3 Å². The van der Waals surface area contributed by atoms with Crippen LogP contribution in [0.2, 0.25) is 0 Å². The molecule has 0 unspecified atom stereocenters. The van der Waals surface area contributed by atoms with Gasteiger partial charge in [-0.15, -0.1) is 11.3 Å². The van der Waals surface area contributed by atoms with Gasteiger partial charge in [0.05, 0.1) is 17.2 Å². The highest BCUT2D eigenvalue weighted by Gasteiger charge is 2.42. The van der Waals surface area contributed by atoms with Crippen LogP contribution < -0.4 is 0 Å². The van der Waals surface area contributed by atoms with E-state index in [2.05, 4.69) is 17.0 Å². The molecule has 0 atom stereocenters. The molecule has 146 valence electrons. The first-order valence-corrected chi connectivity index (χ1v) is 12.5. The van der Waals surface area contributed by atoms with Crippen molar-refractivity contribution in [3.63, 3.8) is 0 Å². The predicted octanol–water partition coefficient (Wildman–Crippen LogP) is 4.91. The lowest BCUT2D eigenvalue weighted by Gasteiger charge is -2.40. The van der Waals surface area contributed by atoms with Crippen LogP contribution in [-0.2, 0) is 6.54 Å². The van der Waals surface area contributed by atoms with Gasteiger partial charge in [-0.3, -0.25) is 14.0 Å². The normalized spacial score (nSPS) is 25.5. The van der Waals surface area contributed by atoms with Gasteiger partial charge in [-0.25, -0.2) is 9.97 Å². The van der Waals surface area contributed by atoms with Gasteiger partial charge < -0.3 is 0 Å². The molecular formula is C20H27N3O2S2. The van der Waals surface area contributed by atoms with Crippen LogP contribution in [0.1, 0.15) is 48.5 Å². The van der Waals surface area contributed by atoms with Crippen molar-refractivity contribution in [2.45, 2.75) is 45.6 Å². The highest BCUT2D eigenvalue weighted by atomic mass is 32.3. The molecule has 1 saturated carbocycles. The Balaban J connectivity index is 1.41. The number of aryl methyl sites for hydroxylation is 1. The fraction of sp³-hybridized carbons (Fsp3) is 0.600. The van der Waals surface area contributed by atoms with Crippen molar-refractivity contribution in [1.29, 1.82) is 0 Å². The number of nitrogens with zero attached hydrogens (tertiary/aromatic N) is 3. The summed E-state index contributed by atoms with van der Waals surface area (Å²) < 4.78 is 19.7. The van der Waals surface area contributed by atoms with Crippen LogP contribution in [-0.4, -0.2) is 48.6 Å². The van der Waals surface area contributed by atoms with E-state index in [9.17, 15) is 9.11 Å². The van der Waals surface area contributed by atoms with Gasteiger partial charge in [-0.1, -0.05) is 6.08 Å². The summed E-state index contributed by atoms with van der Waals surface area (Å²) in [5.74, 6) is 1.77. The summed E-state index contributed by atoms with van der Waals surface area (Å²) in [4.78, 5) is 14.2. The monoisotopic (exact) mass is 405 g/mol. The molecule has 0 aromatic carbocycles. The summed E-state index contributed by atoms with van der Waals surface area (Å²) in [6.45, 7) is 4.16. The van der Waals surface area contributed by atoms with Gasteiger partial charge in [-0.05, 0) is 56.1 Å². The number of allylic oxidation sites excluding steroid dienone is 2. The third kappa shape index (κ3) is 3.68. The van der Waals surface area contributed by atoms with Gasteiger partial charge in [0.2, 0.25) is 0 Å². The lowest BCUT2D eigenvalue weighted by Crippen LogP contribution is -2.38. The zero-order chi connectivity index (χ0) is 18.6. The average molecular weight is 406 g/mol. The highest BCUT2D eigenvalue weighted by Crippen LogP contribution is 2.56. The van der Waals surface area contributed by atoms with Crippen LogP contribution in [0.5, 0.6) is 0 Å². The standard InChI is InChI=1S/C20H27N3O2S2/c1-14-21-17(13-23-8-10-27(24,25)11-9-23)16-12-18(26-19(16)22-14)15-2-4-20(5-3-15)6-7-20/h2,12,24-25H,3-11,13H2,1H3. The molecule has 2 fully saturated rings. The Morgan fingerprint density at radius 1 is 1.19 bits per heavy atom. The maximum Gasteiger partial charge on any atom is 0.127 e. The number of hydrogen-bond donors (Lipinski definition) is 2. The third-order valence-electron chi connectivity index (χ3n) is 6.41. The van der Waals surface area contributed by atoms with Crippen molar-refractivity contribution < 1.29 is 9.11 Å². The van der Waals surface area contributed by atoms with Gasteiger partial charge in [0.15, 0.2) is 0 Å². The van der Waals surface area contributed by atoms with Crippen molar-refractivity contribution >= 4 is 37.7 Å². The Morgan fingerprint density at radius 3 is 2.63 bits per heavy atom. The quantitative estimate of drug-likeness (QED) is 0.759. The molecule has 1 spiro atoms. The second kappa shape index (κ2) is 6.52. The molecule has 2 aliphatic carbocycles. The number of thiophene rings is 1. The maximum atomic E-state index is 9.85. The van der Waals surface area contributed by atoms with Gasteiger partial charge in [0, 0.05) is 29.9 Å². The largest absolute Gasteiger partial charge is 0.299 e. The fourth-order valence-corrected chi connectivity index (χ4v) is 6.78. The van der Waals surface area contributed by atoms with E-state index in [0.29, 0.717) is 16.9 Å². The third-order valence-corrected chi connectivity index (χ3v) is 9.18. The molecule has 5 rings (SSSR count). The Hall–Kier alpha value is -0.990. The first-order chi connectivity index (χ1) is 12.9. The lowest BCUT2D eigenvalue weighted by atomic mass is 9.86. The molecule has 5 nitrogen and oxygen atoms in total. The average Bonchev–Trinajstić information content (AvgIpc) is 3.23. The zero-order valence-electron chi connectivity index (χ0n) is 15.8. The van der Waals surface area contributed by atoms with E-state index in [1.54, 1.807) is 11.3 Å². The molecule has 3 heterocycles. The Bertz CT molecular complexity index is 907. The highest BCUT2D eigenvalue weighted by molar-refractivity contribution is 8.24. The van der Waals surface area contributed by atoms with Crippen molar-refractivity contribution in [3.05, 3.63) is 28.5 Å². The van der Waals surface area contributed by atoms with Crippen LogP contribution in [0.25, 0.3) is 15.8 Å². The first kappa shape index (κ1) is 18.1. The Kier molecular flexibility index (Phi) is 4.37. The summed E-state index contributed by atoms with van der Waals surface area (Å²) in [5, 5.41) is 1.17. The zero-order valence-corrected chi connectivity index (χ0v) is 17.4. The van der Waals surface area contributed by atoms with Crippen molar-refractivity contribution in [1.82, 2.24) is 14.9 Å². The predicted molar refractivity (Wildman–Crippen MR) is 114 cm³/mol. The van der Waals surface area contributed by atoms with Gasteiger partial charge in [-0.2, -0.15) is 10.6 Å². The van der Waals surface area contributed by atoms with E-state index in [1.807, 2.05) is 6.92 Å². The molecule has 2 N–H and O–H groups in total. The smallest absolute Gasteiger partial charge is 0.127 e. The molecule has 7 heteroatoms. The van der Waals surface area contributed by atoms with Crippen LogP contribution in [0.4, 0.5) is 0 Å². The van der Waals surface area contributed by atoms with E-state index in [-0.39, 0.29) is 0 Å². The lowest BCUT2D eigenvalue weighted by molar-refractivity contribution is 0.276. The molecule has 0 radical (unpaired) electrons. The van der Waals surface area contributed by atoms with Crippen LogP contribution in [0.15, 0.2) is 12.1 Å². The molecule has 2 aromatic heterocycles. The van der Waals surface area contributed by atoms with Gasteiger partial charge >= 0.3 is 0 Å². The van der Waals surface area contributed by atoms with E-state index in [1.165, 1.54) is 47.9 Å². The topological polar surface area (TPSA) is 69.5 Å². The van der Waals surface area contributed by atoms with Gasteiger partial charge in [0.25, 0.3) is 0 Å². The van der Waals surface area contributed by atoms with E-state index in [0.717, 1.165) is 36.0 Å². The maximum absolute atomic E-state index is 9.85. The molecule has 0 bridgehead atoms. The molecule has 2 aromatic rings. The van der Waals surface area contributed by atoms with Crippen molar-refractivity contribution in [3.8, 4) is 0 Å². The van der Waals surface area contributed by atoms with Crippen molar-refractivity contribution in [2.75, 3.05) is 24.6 Å². The van der Waals surface area contributed by atoms with E-state index >= 15 is 0 Å². The Labute approximate surface area is 165 Å². The molecule has 1 aliphatic heterocycles.